The van der Waals surface area contributed by atoms with Crippen LogP contribution < -0.4 is 5.32 Å². The highest BCUT2D eigenvalue weighted by Gasteiger charge is 2.27. The zero-order valence-electron chi connectivity index (χ0n) is 50.5. The lowest BCUT2D eigenvalue weighted by Crippen LogP contribution is -2.45. The van der Waals surface area contributed by atoms with Gasteiger partial charge >= 0.3 is 7.82 Å². The van der Waals surface area contributed by atoms with Crippen LogP contribution in [-0.2, 0) is 18.4 Å². The molecule has 0 fully saturated rings. The summed E-state index contributed by atoms with van der Waals surface area (Å²) < 4.78 is 23.7. The summed E-state index contributed by atoms with van der Waals surface area (Å²) in [5, 5.41) is 13.9. The van der Waals surface area contributed by atoms with Crippen molar-refractivity contribution in [3.63, 3.8) is 0 Å². The Labute approximate surface area is 471 Å². The van der Waals surface area contributed by atoms with E-state index in [2.05, 4.69) is 92.1 Å². The van der Waals surface area contributed by atoms with Crippen LogP contribution in [0, 0.1) is 0 Å². The second-order valence-electron chi connectivity index (χ2n) is 22.7. The van der Waals surface area contributed by atoms with Gasteiger partial charge in [-0.3, -0.25) is 13.8 Å². The number of phosphoric acid groups is 1. The number of carbonyl (C=O) groups excluding carboxylic acids is 1. The molecule has 0 aromatic rings. The summed E-state index contributed by atoms with van der Waals surface area (Å²) in [4.78, 5) is 23.3. The van der Waals surface area contributed by atoms with E-state index >= 15 is 0 Å². The van der Waals surface area contributed by atoms with Crippen LogP contribution in [0.2, 0.25) is 0 Å². The molecular weight excluding hydrogens is 960 g/mol. The van der Waals surface area contributed by atoms with Crippen molar-refractivity contribution in [2.24, 2.45) is 0 Å². The molecule has 0 heterocycles. The van der Waals surface area contributed by atoms with E-state index in [1.54, 1.807) is 6.08 Å². The summed E-state index contributed by atoms with van der Waals surface area (Å²) in [6.07, 6.45) is 81.5. The molecule has 0 bridgehead atoms. The van der Waals surface area contributed by atoms with Crippen LogP contribution in [0.4, 0.5) is 0 Å². The number of unbranched alkanes of at least 4 members (excludes halogenated alkanes) is 33. The number of rotatable bonds is 58. The van der Waals surface area contributed by atoms with Crippen LogP contribution in [0.3, 0.4) is 0 Å². The topological polar surface area (TPSA) is 105 Å². The van der Waals surface area contributed by atoms with Gasteiger partial charge in [0.05, 0.1) is 39.9 Å². The van der Waals surface area contributed by atoms with E-state index in [9.17, 15) is 19.4 Å². The minimum atomic E-state index is -4.36. The van der Waals surface area contributed by atoms with E-state index in [1.165, 1.54) is 193 Å². The highest BCUT2D eigenvalue weighted by atomic mass is 31.2. The Morgan fingerprint density at radius 1 is 0.461 bits per heavy atom. The summed E-state index contributed by atoms with van der Waals surface area (Å²) in [6, 6.07) is -0.865. The highest BCUT2D eigenvalue weighted by molar-refractivity contribution is 7.47. The fraction of sp³-hybridized carbons (Fsp3) is 0.776. The summed E-state index contributed by atoms with van der Waals surface area (Å²) >= 11 is 0. The lowest BCUT2D eigenvalue weighted by atomic mass is 10.0. The standard InChI is InChI=1S/C67H123N2O6P/c1-6-8-10-12-14-16-18-20-22-24-25-26-27-28-29-30-31-32-33-34-35-36-37-38-39-40-41-42-43-45-47-49-51-53-55-57-59-61-67(71)68-65(64-75-76(72,73)74-63-62-69(3,4)5)66(70)60-58-56-54-52-50-48-46-44-23-21-19-17-15-13-11-9-7-2/h8,10,14,16,20,22,25-26,28-29,50,52,58,60,65-66,70H,6-7,9,11-13,15,17-19,21,23-24,27,30-49,51,53-57,59,61-64H2,1-5H3,(H-,68,71,72,73)/p+1/b10-8-,16-14-,22-20-,26-25-,29-28-,52-50+,60-58+. The minimum absolute atomic E-state index is 0.0553. The molecule has 1 amide bonds. The maximum atomic E-state index is 13.0. The molecule has 9 heteroatoms. The number of nitrogens with one attached hydrogen (secondary N) is 1. The third kappa shape index (κ3) is 59.3. The van der Waals surface area contributed by atoms with Crippen molar-refractivity contribution in [1.82, 2.24) is 5.32 Å². The molecule has 3 N–H and O–H groups in total. The zero-order chi connectivity index (χ0) is 55.6. The van der Waals surface area contributed by atoms with Crippen LogP contribution in [-0.4, -0.2) is 73.4 Å². The zero-order valence-corrected chi connectivity index (χ0v) is 51.4. The molecule has 0 rings (SSSR count). The smallest absolute Gasteiger partial charge is 0.387 e. The van der Waals surface area contributed by atoms with E-state index in [4.69, 9.17) is 9.05 Å². The van der Waals surface area contributed by atoms with Gasteiger partial charge in [-0.05, 0) is 77.0 Å². The lowest BCUT2D eigenvalue weighted by molar-refractivity contribution is -0.870. The van der Waals surface area contributed by atoms with Gasteiger partial charge in [-0.25, -0.2) is 4.57 Å². The fourth-order valence-corrected chi connectivity index (χ4v) is 9.88. The Morgan fingerprint density at radius 2 is 0.803 bits per heavy atom. The first-order chi connectivity index (χ1) is 37.0. The van der Waals surface area contributed by atoms with E-state index in [0.29, 0.717) is 17.4 Å². The van der Waals surface area contributed by atoms with E-state index < -0.39 is 20.0 Å². The average Bonchev–Trinajstić information content (AvgIpc) is 3.38. The van der Waals surface area contributed by atoms with Crippen molar-refractivity contribution >= 4 is 13.7 Å². The van der Waals surface area contributed by atoms with Crippen LogP contribution in [0.15, 0.2) is 85.1 Å². The monoisotopic (exact) mass is 1080 g/mol. The number of aliphatic hydroxyl groups excluding tert-OH is 1. The number of hydrogen-bond donors (Lipinski definition) is 3. The van der Waals surface area contributed by atoms with Gasteiger partial charge < -0.3 is 19.8 Å². The number of amides is 1. The molecule has 76 heavy (non-hydrogen) atoms. The predicted molar refractivity (Wildman–Crippen MR) is 332 cm³/mol. The number of aliphatic hydroxyl groups is 1. The normalized spacial score (nSPS) is 14.4. The van der Waals surface area contributed by atoms with Crippen LogP contribution in [0.1, 0.15) is 284 Å². The quantitative estimate of drug-likeness (QED) is 0.0243. The Balaban J connectivity index is 4.02. The van der Waals surface area contributed by atoms with E-state index in [-0.39, 0.29) is 19.1 Å². The molecule has 0 aromatic heterocycles. The molecule has 0 radical (unpaired) electrons. The van der Waals surface area contributed by atoms with Gasteiger partial charge in [-0.15, -0.1) is 0 Å². The molecule has 3 unspecified atom stereocenters. The van der Waals surface area contributed by atoms with Gasteiger partial charge in [-0.2, -0.15) is 0 Å². The second kappa shape index (κ2) is 57.4. The first-order valence-corrected chi connectivity index (χ1v) is 33.5. The highest BCUT2D eigenvalue weighted by Crippen LogP contribution is 2.43. The van der Waals surface area contributed by atoms with Crippen molar-refractivity contribution in [2.75, 3.05) is 40.9 Å². The maximum absolute atomic E-state index is 13.0. The van der Waals surface area contributed by atoms with E-state index in [1.807, 2.05) is 27.2 Å². The Kier molecular flexibility index (Phi) is 55.6. The Morgan fingerprint density at radius 3 is 1.21 bits per heavy atom. The van der Waals surface area contributed by atoms with Gasteiger partial charge in [0, 0.05) is 6.42 Å². The second-order valence-corrected chi connectivity index (χ2v) is 24.2. The molecule has 0 aliphatic carbocycles. The molecule has 0 saturated heterocycles. The first kappa shape index (κ1) is 73.7. The largest absolute Gasteiger partial charge is 0.472 e. The van der Waals surface area contributed by atoms with Crippen molar-refractivity contribution in [3.05, 3.63) is 85.1 Å². The molecular formula is C67H124N2O6P+. The van der Waals surface area contributed by atoms with Crippen LogP contribution in [0.5, 0.6) is 0 Å². The summed E-state index contributed by atoms with van der Waals surface area (Å²) in [5.74, 6) is -0.185. The van der Waals surface area contributed by atoms with Gasteiger partial charge in [0.15, 0.2) is 0 Å². The molecule has 0 spiro atoms. The third-order valence-electron chi connectivity index (χ3n) is 14.1. The van der Waals surface area contributed by atoms with Crippen molar-refractivity contribution < 1.29 is 32.9 Å². The minimum Gasteiger partial charge on any atom is -0.387 e. The maximum Gasteiger partial charge on any atom is 0.472 e. The van der Waals surface area contributed by atoms with Crippen molar-refractivity contribution in [2.45, 2.75) is 296 Å². The lowest BCUT2D eigenvalue weighted by Gasteiger charge is -2.25. The third-order valence-corrected chi connectivity index (χ3v) is 15.1. The fourth-order valence-electron chi connectivity index (χ4n) is 9.15. The molecule has 0 aliphatic heterocycles. The van der Waals surface area contributed by atoms with Gasteiger partial charge in [0.2, 0.25) is 5.91 Å². The van der Waals surface area contributed by atoms with Gasteiger partial charge in [0.25, 0.3) is 0 Å². The summed E-state index contributed by atoms with van der Waals surface area (Å²) in [6.45, 7) is 4.70. The Bertz CT molecular complexity index is 1510. The first-order valence-electron chi connectivity index (χ1n) is 32.0. The van der Waals surface area contributed by atoms with Crippen LogP contribution >= 0.6 is 7.82 Å². The number of likely N-dealkylation sites (N-methyl/N-ethyl adjacent to an activating group) is 1. The van der Waals surface area contributed by atoms with Crippen molar-refractivity contribution in [1.29, 1.82) is 0 Å². The van der Waals surface area contributed by atoms with E-state index in [0.717, 1.165) is 70.6 Å². The summed E-state index contributed by atoms with van der Waals surface area (Å²) in [7, 11) is 1.56. The summed E-state index contributed by atoms with van der Waals surface area (Å²) in [5.41, 5.74) is 0. The van der Waals surface area contributed by atoms with Gasteiger partial charge in [-0.1, -0.05) is 285 Å². The molecule has 442 valence electrons. The molecule has 3 atom stereocenters. The Hall–Kier alpha value is -2.32. The number of quaternary nitrogens is 1. The van der Waals surface area contributed by atoms with Crippen molar-refractivity contribution in [3.8, 4) is 0 Å². The molecule has 0 saturated carbocycles. The van der Waals surface area contributed by atoms with Crippen LogP contribution in [0.25, 0.3) is 0 Å². The molecule has 0 aliphatic rings. The number of hydrogen-bond acceptors (Lipinski definition) is 5. The number of carbonyl (C=O) groups is 1. The number of phosphoric ester groups is 1. The number of nitrogens with zero attached hydrogens (tertiary/aromatic N) is 1. The average molecular weight is 1080 g/mol. The predicted octanol–water partition coefficient (Wildman–Crippen LogP) is 20.0. The SMILES string of the molecule is CC/C=C\C/C=C\C/C=C\C/C=C\C/C=C\CCCCCCCCCCCCCCCCCCCCCCCC(=O)NC(COP(=O)(O)OCC[N+](C)(C)C)C(O)/C=C/CC/C=C/CCCCCCCCCCCCC. The number of allylic oxidation sites excluding steroid dienone is 13. The molecule has 0 aromatic carbocycles. The van der Waals surface area contributed by atoms with Gasteiger partial charge in [0.1, 0.15) is 13.2 Å². The molecule has 8 nitrogen and oxygen atoms in total.